The van der Waals surface area contributed by atoms with E-state index in [4.69, 9.17) is 0 Å². The fourth-order valence-electron chi connectivity index (χ4n) is 2.80. The lowest BCUT2D eigenvalue weighted by atomic mass is 10.00. The minimum Gasteiger partial charge on any atom is -0.352 e. The van der Waals surface area contributed by atoms with Crippen molar-refractivity contribution in [2.24, 2.45) is 4.99 Å². The van der Waals surface area contributed by atoms with Gasteiger partial charge in [-0.2, -0.15) is 0 Å². The molecule has 1 aromatic rings. The fourth-order valence-corrected chi connectivity index (χ4v) is 2.80. The van der Waals surface area contributed by atoms with Crippen LogP contribution in [0.25, 0.3) is 0 Å². The average Bonchev–Trinajstić information content (AvgIpc) is 2.60. The third-order valence-corrected chi connectivity index (χ3v) is 4.20. The summed E-state index contributed by atoms with van der Waals surface area (Å²) in [6, 6.07) is 4.82. The predicted octanol–water partition coefficient (Wildman–Crippen LogP) is 0.742. The Morgan fingerprint density at radius 1 is 1.30 bits per heavy atom. The van der Waals surface area contributed by atoms with Gasteiger partial charge in [-0.15, -0.1) is 0 Å². The lowest BCUT2D eigenvalue weighted by Crippen LogP contribution is -2.47. The Morgan fingerprint density at radius 2 is 2.04 bits per heavy atom. The van der Waals surface area contributed by atoms with Crippen molar-refractivity contribution >= 4 is 17.8 Å². The summed E-state index contributed by atoms with van der Waals surface area (Å²) in [6.45, 7) is 4.94. The molecule has 1 aliphatic rings. The average molecular weight is 377 g/mol. The van der Waals surface area contributed by atoms with Crippen molar-refractivity contribution < 1.29 is 14.0 Å². The molecule has 7 nitrogen and oxygen atoms in total. The van der Waals surface area contributed by atoms with Crippen molar-refractivity contribution in [3.05, 3.63) is 35.1 Å². The molecule has 27 heavy (non-hydrogen) atoms. The zero-order valence-corrected chi connectivity index (χ0v) is 16.4. The zero-order chi connectivity index (χ0) is 20.0. The molecule has 1 aromatic carbocycles. The van der Waals surface area contributed by atoms with Gasteiger partial charge in [0, 0.05) is 33.2 Å². The number of benzene rings is 1. The maximum atomic E-state index is 13.6. The number of nitrogens with zero attached hydrogens (tertiary/aromatic N) is 3. The first-order valence-corrected chi connectivity index (χ1v) is 9.06. The summed E-state index contributed by atoms with van der Waals surface area (Å²) in [5.41, 5.74) is 2.00. The highest BCUT2D eigenvalue weighted by atomic mass is 19.1. The van der Waals surface area contributed by atoms with Crippen LogP contribution < -0.4 is 10.6 Å². The zero-order valence-electron chi connectivity index (χ0n) is 16.4. The topological polar surface area (TPSA) is 77.0 Å². The van der Waals surface area contributed by atoms with E-state index in [-0.39, 0.29) is 36.8 Å². The standard InChI is InChI=1S/C19H28FN5O2/c1-13(2)23-17(26)10-21-19(22-11-18(27)24(3)4)25-8-7-14-5-6-16(20)9-15(14)12-25/h5-6,9,13H,7-8,10-12H2,1-4H3,(H,21,22)(H,23,26). The van der Waals surface area contributed by atoms with Gasteiger partial charge in [-0.1, -0.05) is 6.07 Å². The van der Waals surface area contributed by atoms with Crippen LogP contribution in [-0.4, -0.2) is 67.3 Å². The minimum atomic E-state index is -0.277. The lowest BCUT2D eigenvalue weighted by Gasteiger charge is -2.32. The summed E-state index contributed by atoms with van der Waals surface area (Å²) < 4.78 is 13.6. The largest absolute Gasteiger partial charge is 0.352 e. The van der Waals surface area contributed by atoms with Gasteiger partial charge in [-0.05, 0) is 43.5 Å². The Kier molecular flexibility index (Phi) is 7.15. The minimum absolute atomic E-state index is 0.0317. The van der Waals surface area contributed by atoms with Crippen LogP contribution in [0.5, 0.6) is 0 Å². The molecule has 0 spiro atoms. The summed E-state index contributed by atoms with van der Waals surface area (Å²) in [5, 5.41) is 5.83. The molecule has 0 aliphatic carbocycles. The van der Waals surface area contributed by atoms with Crippen LogP contribution in [0.1, 0.15) is 25.0 Å². The molecule has 2 amide bonds. The monoisotopic (exact) mass is 377 g/mol. The maximum Gasteiger partial charge on any atom is 0.242 e. The highest BCUT2D eigenvalue weighted by Crippen LogP contribution is 2.20. The number of hydrogen-bond acceptors (Lipinski definition) is 3. The Hall–Kier alpha value is -2.64. The molecule has 0 radical (unpaired) electrons. The van der Waals surface area contributed by atoms with Crippen LogP contribution in [0.3, 0.4) is 0 Å². The Labute approximate surface area is 159 Å². The molecule has 0 saturated heterocycles. The van der Waals surface area contributed by atoms with Gasteiger partial charge >= 0.3 is 0 Å². The number of likely N-dealkylation sites (N-methyl/N-ethyl adjacent to an activating group) is 1. The van der Waals surface area contributed by atoms with Crippen LogP contribution in [0, 0.1) is 5.82 Å². The van der Waals surface area contributed by atoms with E-state index in [1.807, 2.05) is 18.7 Å². The number of guanidine groups is 1. The first kappa shape index (κ1) is 20.7. The van der Waals surface area contributed by atoms with Crippen LogP contribution in [-0.2, 0) is 22.6 Å². The summed E-state index contributed by atoms with van der Waals surface area (Å²) in [5.74, 6) is -0.0929. The number of halogens is 1. The first-order chi connectivity index (χ1) is 12.8. The van der Waals surface area contributed by atoms with Crippen molar-refractivity contribution in [1.29, 1.82) is 0 Å². The van der Waals surface area contributed by atoms with E-state index < -0.39 is 0 Å². The number of fused-ring (bicyclic) bond motifs is 1. The van der Waals surface area contributed by atoms with E-state index in [0.29, 0.717) is 19.0 Å². The molecule has 1 aliphatic heterocycles. The second-order valence-electron chi connectivity index (χ2n) is 7.09. The van der Waals surface area contributed by atoms with E-state index in [1.165, 1.54) is 17.0 Å². The SMILES string of the molecule is CC(C)NC(=O)CN=C(NCC(=O)N(C)C)N1CCc2ccc(F)cc2C1. The van der Waals surface area contributed by atoms with Crippen molar-refractivity contribution in [2.75, 3.05) is 33.7 Å². The Bertz CT molecular complexity index is 718. The van der Waals surface area contributed by atoms with Crippen LogP contribution in [0.15, 0.2) is 23.2 Å². The molecule has 0 aromatic heterocycles. The Morgan fingerprint density at radius 3 is 2.70 bits per heavy atom. The van der Waals surface area contributed by atoms with Gasteiger partial charge in [0.05, 0.1) is 6.54 Å². The molecule has 0 saturated carbocycles. The second-order valence-corrected chi connectivity index (χ2v) is 7.09. The van der Waals surface area contributed by atoms with Crippen LogP contribution in [0.2, 0.25) is 0 Å². The normalized spacial score (nSPS) is 14.0. The number of nitrogens with one attached hydrogen (secondary N) is 2. The Balaban J connectivity index is 2.13. The molecule has 8 heteroatoms. The van der Waals surface area contributed by atoms with Gasteiger partial charge in [-0.3, -0.25) is 9.59 Å². The molecule has 0 fully saturated rings. The van der Waals surface area contributed by atoms with Gasteiger partial charge in [0.25, 0.3) is 0 Å². The lowest BCUT2D eigenvalue weighted by molar-refractivity contribution is -0.127. The summed E-state index contributed by atoms with van der Waals surface area (Å²) >= 11 is 0. The van der Waals surface area contributed by atoms with Crippen molar-refractivity contribution in [3.8, 4) is 0 Å². The molecule has 0 atom stereocenters. The number of carbonyl (C=O) groups is 2. The van der Waals surface area contributed by atoms with Crippen molar-refractivity contribution in [1.82, 2.24) is 20.4 Å². The van der Waals surface area contributed by atoms with Gasteiger partial charge in [0.2, 0.25) is 11.8 Å². The summed E-state index contributed by atoms with van der Waals surface area (Å²) in [7, 11) is 3.35. The smallest absolute Gasteiger partial charge is 0.242 e. The molecule has 1 heterocycles. The summed E-state index contributed by atoms with van der Waals surface area (Å²) in [6.07, 6.45) is 0.746. The van der Waals surface area contributed by atoms with Gasteiger partial charge in [0.15, 0.2) is 5.96 Å². The molecule has 0 unspecified atom stereocenters. The van der Waals surface area contributed by atoms with Crippen LogP contribution in [0.4, 0.5) is 4.39 Å². The van der Waals surface area contributed by atoms with Gasteiger partial charge in [-0.25, -0.2) is 9.38 Å². The molecular weight excluding hydrogens is 349 g/mol. The van der Waals surface area contributed by atoms with Gasteiger partial charge in [0.1, 0.15) is 12.4 Å². The molecular formula is C19H28FN5O2. The summed E-state index contributed by atoms with van der Waals surface area (Å²) in [4.78, 5) is 31.7. The second kappa shape index (κ2) is 9.34. The fraction of sp³-hybridized carbons (Fsp3) is 0.526. The van der Waals surface area contributed by atoms with E-state index in [2.05, 4.69) is 15.6 Å². The van der Waals surface area contributed by atoms with Crippen molar-refractivity contribution in [3.63, 3.8) is 0 Å². The number of hydrogen-bond donors (Lipinski definition) is 2. The maximum absolute atomic E-state index is 13.6. The van der Waals surface area contributed by atoms with E-state index in [0.717, 1.165) is 17.5 Å². The third kappa shape index (κ3) is 6.23. The number of rotatable bonds is 5. The third-order valence-electron chi connectivity index (χ3n) is 4.20. The number of aliphatic imine (C=N–C) groups is 1. The highest BCUT2D eigenvalue weighted by Gasteiger charge is 2.21. The molecule has 2 N–H and O–H groups in total. The first-order valence-electron chi connectivity index (χ1n) is 9.06. The van der Waals surface area contributed by atoms with E-state index in [9.17, 15) is 14.0 Å². The van der Waals surface area contributed by atoms with E-state index >= 15 is 0 Å². The molecule has 148 valence electrons. The molecule has 2 rings (SSSR count). The van der Waals surface area contributed by atoms with Crippen LogP contribution >= 0.6 is 0 Å². The highest BCUT2D eigenvalue weighted by molar-refractivity contribution is 5.88. The van der Waals surface area contributed by atoms with Crippen molar-refractivity contribution in [2.45, 2.75) is 32.9 Å². The quantitative estimate of drug-likeness (QED) is 0.586. The molecule has 0 bridgehead atoms. The number of carbonyl (C=O) groups excluding carboxylic acids is 2. The van der Waals surface area contributed by atoms with Gasteiger partial charge < -0.3 is 20.4 Å². The number of amides is 2. The van der Waals surface area contributed by atoms with E-state index in [1.54, 1.807) is 20.2 Å². The predicted molar refractivity (Wildman–Crippen MR) is 103 cm³/mol.